The van der Waals surface area contributed by atoms with Gasteiger partial charge in [0.1, 0.15) is 6.17 Å². The first-order valence-corrected chi connectivity index (χ1v) is 7.83. The van der Waals surface area contributed by atoms with E-state index in [2.05, 4.69) is 16.0 Å². The van der Waals surface area contributed by atoms with Crippen LogP contribution >= 0.6 is 58.6 Å². The number of alkyl halides is 3. The summed E-state index contributed by atoms with van der Waals surface area (Å²) in [6.07, 6.45) is -0.696. The highest BCUT2D eigenvalue weighted by Crippen LogP contribution is 2.29. The molecule has 1 atom stereocenters. The van der Waals surface area contributed by atoms with Gasteiger partial charge in [0.15, 0.2) is 5.11 Å². The summed E-state index contributed by atoms with van der Waals surface area (Å²) in [5.74, 6) is -0.270. The molecule has 0 spiro atoms. The Balaban J connectivity index is 2.67. The maximum Gasteiger partial charge on any atom is 0.228 e. The van der Waals surface area contributed by atoms with Gasteiger partial charge in [-0.1, -0.05) is 53.3 Å². The highest BCUT2D eigenvalue weighted by Gasteiger charge is 2.34. The minimum absolute atomic E-state index is 0.199. The Hall–Kier alpha value is -0.460. The molecule has 1 amide bonds. The second-order valence-corrected chi connectivity index (χ2v) is 7.21. The molecule has 0 aliphatic rings. The van der Waals surface area contributed by atoms with E-state index in [1.807, 2.05) is 0 Å². The number of halogens is 4. The fourth-order valence-electron chi connectivity index (χ4n) is 1.29. The number of hydrogen-bond donors (Lipinski definition) is 3. The first-order chi connectivity index (χ1) is 9.72. The van der Waals surface area contributed by atoms with Crippen LogP contribution in [0.15, 0.2) is 24.3 Å². The first kappa shape index (κ1) is 18.6. The third kappa shape index (κ3) is 6.89. The predicted octanol–water partition coefficient (Wildman–Crippen LogP) is 3.85. The average Bonchev–Trinajstić information content (AvgIpc) is 2.39. The van der Waals surface area contributed by atoms with Crippen molar-refractivity contribution in [2.75, 3.05) is 5.32 Å². The van der Waals surface area contributed by atoms with Crippen molar-refractivity contribution in [1.29, 1.82) is 0 Å². The highest BCUT2D eigenvalue weighted by molar-refractivity contribution is 7.80. The fraction of sp³-hybridized carbons (Fsp3) is 0.333. The molecule has 1 aromatic carbocycles. The smallest absolute Gasteiger partial charge is 0.228 e. The third-order valence-electron chi connectivity index (χ3n) is 2.33. The molecule has 1 rings (SSSR count). The van der Waals surface area contributed by atoms with Gasteiger partial charge in [-0.05, 0) is 36.5 Å². The van der Waals surface area contributed by atoms with Crippen molar-refractivity contribution in [1.82, 2.24) is 10.6 Å². The van der Waals surface area contributed by atoms with E-state index in [-0.39, 0.29) is 17.4 Å². The summed E-state index contributed by atoms with van der Waals surface area (Å²) < 4.78 is -1.75. The normalized spacial score (nSPS) is 12.4. The number of anilines is 1. The third-order valence-corrected chi connectivity index (χ3v) is 3.46. The fourth-order valence-corrected chi connectivity index (χ4v) is 1.98. The zero-order valence-electron chi connectivity index (χ0n) is 10.9. The molecular formula is C12H13Cl4N3OS. The van der Waals surface area contributed by atoms with Crippen molar-refractivity contribution in [2.24, 2.45) is 0 Å². The molecule has 0 bridgehead atoms. The summed E-state index contributed by atoms with van der Waals surface area (Å²) in [7, 11) is 0. The van der Waals surface area contributed by atoms with Crippen molar-refractivity contribution >= 4 is 75.3 Å². The van der Waals surface area contributed by atoms with Gasteiger partial charge < -0.3 is 16.0 Å². The monoisotopic (exact) mass is 387 g/mol. The molecule has 0 aliphatic heterocycles. The number of carbonyl (C=O) groups is 1. The van der Waals surface area contributed by atoms with Gasteiger partial charge in [-0.15, -0.1) is 0 Å². The van der Waals surface area contributed by atoms with Crippen LogP contribution in [0.4, 0.5) is 5.69 Å². The molecule has 0 saturated carbocycles. The number of hydrogen-bond acceptors (Lipinski definition) is 2. The molecular weight excluding hydrogens is 376 g/mol. The van der Waals surface area contributed by atoms with Crippen LogP contribution in [0.1, 0.15) is 13.3 Å². The number of thiocarbonyl (C=S) groups is 1. The van der Waals surface area contributed by atoms with Crippen LogP contribution in [0, 0.1) is 0 Å². The van der Waals surface area contributed by atoms with Crippen LogP contribution in [0.3, 0.4) is 0 Å². The molecule has 0 heterocycles. The standard InChI is InChI=1S/C12H13Cl4N3OS/c1-2-9(20)18-10(12(14,15)16)19-11(21)17-8-5-3-7(13)4-6-8/h3-6,10H,2H2,1H3,(H,18,20)(H2,17,19,21). The molecule has 1 aromatic rings. The van der Waals surface area contributed by atoms with E-state index in [9.17, 15) is 4.79 Å². The lowest BCUT2D eigenvalue weighted by Gasteiger charge is -2.27. The van der Waals surface area contributed by atoms with E-state index in [0.717, 1.165) is 0 Å². The van der Waals surface area contributed by atoms with Crippen LogP contribution in [0.5, 0.6) is 0 Å². The van der Waals surface area contributed by atoms with Gasteiger partial charge in [0, 0.05) is 17.1 Å². The van der Waals surface area contributed by atoms with Gasteiger partial charge >= 0.3 is 0 Å². The Morgan fingerprint density at radius 2 is 1.81 bits per heavy atom. The first-order valence-electron chi connectivity index (χ1n) is 5.91. The van der Waals surface area contributed by atoms with Crippen LogP contribution in [-0.2, 0) is 4.79 Å². The van der Waals surface area contributed by atoms with E-state index >= 15 is 0 Å². The van der Waals surface area contributed by atoms with Crippen molar-refractivity contribution in [2.45, 2.75) is 23.3 Å². The second-order valence-electron chi connectivity index (χ2n) is 4.00. The zero-order chi connectivity index (χ0) is 16.0. The number of amides is 1. The van der Waals surface area contributed by atoms with Crippen molar-refractivity contribution in [3.8, 4) is 0 Å². The molecule has 116 valence electrons. The molecule has 0 radical (unpaired) electrons. The van der Waals surface area contributed by atoms with Crippen molar-refractivity contribution in [3.05, 3.63) is 29.3 Å². The van der Waals surface area contributed by atoms with Crippen LogP contribution < -0.4 is 16.0 Å². The summed E-state index contributed by atoms with van der Waals surface area (Å²) in [6, 6.07) is 6.89. The zero-order valence-corrected chi connectivity index (χ0v) is 14.8. The van der Waals surface area contributed by atoms with E-state index in [1.54, 1.807) is 31.2 Å². The maximum atomic E-state index is 11.4. The topological polar surface area (TPSA) is 53.2 Å². The summed E-state index contributed by atoms with van der Waals surface area (Å²) in [6.45, 7) is 1.69. The van der Waals surface area contributed by atoms with Gasteiger partial charge in [0.25, 0.3) is 0 Å². The van der Waals surface area contributed by atoms with Crippen LogP contribution in [-0.4, -0.2) is 21.0 Å². The lowest BCUT2D eigenvalue weighted by Crippen LogP contribution is -2.56. The average molecular weight is 389 g/mol. The molecule has 0 aromatic heterocycles. The number of carbonyl (C=O) groups excluding carboxylic acids is 1. The van der Waals surface area contributed by atoms with Gasteiger partial charge in [-0.3, -0.25) is 4.79 Å². The van der Waals surface area contributed by atoms with Gasteiger partial charge in [-0.2, -0.15) is 0 Å². The quantitative estimate of drug-likeness (QED) is 0.416. The van der Waals surface area contributed by atoms with E-state index in [1.165, 1.54) is 0 Å². The van der Waals surface area contributed by atoms with Crippen molar-refractivity contribution in [3.63, 3.8) is 0 Å². The lowest BCUT2D eigenvalue weighted by atomic mass is 10.3. The molecule has 4 nitrogen and oxygen atoms in total. The molecule has 9 heteroatoms. The van der Waals surface area contributed by atoms with Gasteiger partial charge in [-0.25, -0.2) is 0 Å². The lowest BCUT2D eigenvalue weighted by molar-refractivity contribution is -0.121. The largest absolute Gasteiger partial charge is 0.339 e. The van der Waals surface area contributed by atoms with E-state index in [4.69, 9.17) is 58.6 Å². The van der Waals surface area contributed by atoms with Crippen LogP contribution in [0.2, 0.25) is 5.02 Å². The maximum absolute atomic E-state index is 11.4. The summed E-state index contributed by atoms with van der Waals surface area (Å²) in [5.41, 5.74) is 0.710. The highest BCUT2D eigenvalue weighted by atomic mass is 35.6. The minimum atomic E-state index is -1.75. The molecule has 1 unspecified atom stereocenters. The number of rotatable bonds is 4. The van der Waals surface area contributed by atoms with E-state index in [0.29, 0.717) is 10.7 Å². The molecule has 0 saturated heterocycles. The van der Waals surface area contributed by atoms with Gasteiger partial charge in [0.2, 0.25) is 9.70 Å². The minimum Gasteiger partial charge on any atom is -0.339 e. The molecule has 3 N–H and O–H groups in total. The Labute approximate surface area is 148 Å². The number of nitrogens with one attached hydrogen (secondary N) is 3. The Bertz CT molecular complexity index is 504. The second kappa shape index (κ2) is 8.25. The molecule has 0 fully saturated rings. The summed E-state index contributed by atoms with van der Waals surface area (Å²) in [4.78, 5) is 11.4. The predicted molar refractivity (Wildman–Crippen MR) is 93.3 cm³/mol. The Morgan fingerprint density at radius 3 is 2.29 bits per heavy atom. The Kier molecular flexibility index (Phi) is 7.30. The molecule has 0 aliphatic carbocycles. The molecule has 21 heavy (non-hydrogen) atoms. The summed E-state index contributed by atoms with van der Waals surface area (Å²) >= 11 is 28.4. The number of benzene rings is 1. The van der Waals surface area contributed by atoms with E-state index < -0.39 is 9.96 Å². The Morgan fingerprint density at radius 1 is 1.24 bits per heavy atom. The van der Waals surface area contributed by atoms with Crippen LogP contribution in [0.25, 0.3) is 0 Å². The summed E-state index contributed by atoms with van der Waals surface area (Å²) in [5, 5.41) is 8.98. The SMILES string of the molecule is CCC(=O)NC(NC(=S)Nc1ccc(Cl)cc1)C(Cl)(Cl)Cl. The van der Waals surface area contributed by atoms with Gasteiger partial charge in [0.05, 0.1) is 0 Å². The van der Waals surface area contributed by atoms with Crippen molar-refractivity contribution < 1.29 is 4.79 Å².